The number of non-ortho nitro benzene ring substituents is 1. The van der Waals surface area contributed by atoms with E-state index in [1.54, 1.807) is 0 Å². The molecule has 5 nitrogen and oxygen atoms in total. The van der Waals surface area contributed by atoms with Gasteiger partial charge in [-0.15, -0.1) is 0 Å². The summed E-state index contributed by atoms with van der Waals surface area (Å²) in [4.78, 5) is 12.5. The summed E-state index contributed by atoms with van der Waals surface area (Å²) < 4.78 is 13.5. The van der Waals surface area contributed by atoms with Crippen LogP contribution in [0.1, 0.15) is 31.7 Å². The van der Waals surface area contributed by atoms with Crippen molar-refractivity contribution in [3.63, 3.8) is 0 Å². The highest BCUT2D eigenvalue weighted by atomic mass is 19.1. The molecule has 0 amide bonds. The Morgan fingerprint density at radius 3 is 2.86 bits per heavy atom. The van der Waals surface area contributed by atoms with Gasteiger partial charge in [-0.3, -0.25) is 15.0 Å². The van der Waals surface area contributed by atoms with Crippen LogP contribution < -0.4 is 5.73 Å². The molecule has 0 spiro atoms. The third-order valence-corrected chi connectivity index (χ3v) is 4.33. The normalized spacial score (nSPS) is 23.2. The number of benzene rings is 1. The molecule has 116 valence electrons. The third-order valence-electron chi connectivity index (χ3n) is 4.33. The summed E-state index contributed by atoms with van der Waals surface area (Å²) in [5.74, 6) is 0.128. The molecule has 0 bridgehead atoms. The summed E-state index contributed by atoms with van der Waals surface area (Å²) in [6.07, 6.45) is 3.30. The Morgan fingerprint density at radius 2 is 2.24 bits per heavy atom. The number of hydrogen-bond donors (Lipinski definition) is 1. The van der Waals surface area contributed by atoms with Crippen LogP contribution in [0.4, 0.5) is 10.1 Å². The summed E-state index contributed by atoms with van der Waals surface area (Å²) in [5.41, 5.74) is 6.29. The molecule has 1 heterocycles. The van der Waals surface area contributed by atoms with Gasteiger partial charge in [0.25, 0.3) is 5.69 Å². The van der Waals surface area contributed by atoms with Gasteiger partial charge < -0.3 is 5.73 Å². The number of rotatable bonds is 5. The van der Waals surface area contributed by atoms with Crippen molar-refractivity contribution in [2.24, 2.45) is 11.7 Å². The minimum Gasteiger partial charge on any atom is -0.329 e. The van der Waals surface area contributed by atoms with Crippen molar-refractivity contribution in [2.75, 3.05) is 13.1 Å². The van der Waals surface area contributed by atoms with E-state index in [0.717, 1.165) is 31.9 Å². The zero-order valence-electron chi connectivity index (χ0n) is 12.3. The monoisotopic (exact) mass is 295 g/mol. The number of halogens is 1. The lowest BCUT2D eigenvalue weighted by Gasteiger charge is -2.38. The Balaban J connectivity index is 2.12. The van der Waals surface area contributed by atoms with Gasteiger partial charge in [0.1, 0.15) is 5.82 Å². The lowest BCUT2D eigenvalue weighted by atomic mass is 9.88. The lowest BCUT2D eigenvalue weighted by molar-refractivity contribution is -0.385. The molecule has 6 heteroatoms. The van der Waals surface area contributed by atoms with E-state index in [0.29, 0.717) is 24.6 Å². The van der Waals surface area contributed by atoms with Gasteiger partial charge in [-0.1, -0.05) is 13.3 Å². The predicted molar refractivity (Wildman–Crippen MR) is 79.3 cm³/mol. The van der Waals surface area contributed by atoms with Gasteiger partial charge in [-0.25, -0.2) is 4.39 Å². The highest BCUT2D eigenvalue weighted by Gasteiger charge is 2.27. The minimum atomic E-state index is -0.563. The summed E-state index contributed by atoms with van der Waals surface area (Å²) in [6, 6.07) is 4.04. The van der Waals surface area contributed by atoms with Crippen LogP contribution in [-0.4, -0.2) is 29.0 Å². The van der Waals surface area contributed by atoms with E-state index in [1.165, 1.54) is 12.1 Å². The van der Waals surface area contributed by atoms with E-state index in [2.05, 4.69) is 11.8 Å². The molecule has 1 saturated heterocycles. The first-order valence-corrected chi connectivity index (χ1v) is 7.41. The standard InChI is InChI=1S/C15H22FN3O2/c1-2-11-3-4-18(15(6-11)9-17)10-12-5-13(16)8-14(7-12)19(20)21/h5,7-8,11,15H,2-4,6,9-10,17H2,1H3. The van der Waals surface area contributed by atoms with Crippen molar-refractivity contribution in [2.45, 2.75) is 38.8 Å². The molecular weight excluding hydrogens is 273 g/mol. The fourth-order valence-electron chi connectivity index (χ4n) is 3.07. The van der Waals surface area contributed by atoms with Gasteiger partial charge in [0.15, 0.2) is 0 Å². The summed E-state index contributed by atoms with van der Waals surface area (Å²) in [5, 5.41) is 10.8. The van der Waals surface area contributed by atoms with Gasteiger partial charge in [0.2, 0.25) is 0 Å². The van der Waals surface area contributed by atoms with Gasteiger partial charge in [0, 0.05) is 25.2 Å². The van der Waals surface area contributed by atoms with Crippen LogP contribution in [0.5, 0.6) is 0 Å². The SMILES string of the molecule is CCC1CCN(Cc2cc(F)cc([N+](=O)[O-])c2)C(CN)C1. The van der Waals surface area contributed by atoms with Crippen molar-refractivity contribution >= 4 is 5.69 Å². The first kappa shape index (κ1) is 15.9. The van der Waals surface area contributed by atoms with Gasteiger partial charge in [-0.05, 0) is 36.9 Å². The van der Waals surface area contributed by atoms with Crippen LogP contribution in [0.2, 0.25) is 0 Å². The molecule has 2 N–H and O–H groups in total. The van der Waals surface area contributed by atoms with Crippen LogP contribution in [0.25, 0.3) is 0 Å². The summed E-state index contributed by atoms with van der Waals surface area (Å²) in [7, 11) is 0. The van der Waals surface area contributed by atoms with E-state index >= 15 is 0 Å². The Kier molecular flexibility index (Phi) is 5.25. The maximum absolute atomic E-state index is 13.5. The highest BCUT2D eigenvalue weighted by Crippen LogP contribution is 2.27. The molecule has 0 saturated carbocycles. The Labute approximate surface area is 124 Å². The quantitative estimate of drug-likeness (QED) is 0.669. The smallest absolute Gasteiger partial charge is 0.272 e. The zero-order chi connectivity index (χ0) is 15.4. The lowest BCUT2D eigenvalue weighted by Crippen LogP contribution is -2.46. The topological polar surface area (TPSA) is 72.4 Å². The molecule has 1 aliphatic heterocycles. The minimum absolute atomic E-state index is 0.197. The second-order valence-corrected chi connectivity index (χ2v) is 5.73. The maximum Gasteiger partial charge on any atom is 0.272 e. The van der Waals surface area contributed by atoms with Crippen LogP contribution >= 0.6 is 0 Å². The molecule has 1 aromatic rings. The van der Waals surface area contributed by atoms with Crippen molar-refractivity contribution in [3.05, 3.63) is 39.7 Å². The molecule has 1 aliphatic rings. The fraction of sp³-hybridized carbons (Fsp3) is 0.600. The van der Waals surface area contributed by atoms with Gasteiger partial charge >= 0.3 is 0 Å². The third kappa shape index (κ3) is 3.98. The number of nitro benzene ring substituents is 1. The number of hydrogen-bond acceptors (Lipinski definition) is 4. The maximum atomic E-state index is 13.5. The molecule has 2 atom stereocenters. The van der Waals surface area contributed by atoms with Crippen LogP contribution in [0.3, 0.4) is 0 Å². The number of piperidine rings is 1. The van der Waals surface area contributed by atoms with E-state index in [4.69, 9.17) is 5.73 Å². The second kappa shape index (κ2) is 6.95. The average molecular weight is 295 g/mol. The number of nitrogens with zero attached hydrogens (tertiary/aromatic N) is 2. The fourth-order valence-corrected chi connectivity index (χ4v) is 3.07. The molecule has 2 rings (SSSR count). The molecule has 1 aromatic carbocycles. The second-order valence-electron chi connectivity index (χ2n) is 5.73. The molecule has 1 fully saturated rings. The van der Waals surface area contributed by atoms with E-state index in [9.17, 15) is 14.5 Å². The Hall–Kier alpha value is -1.53. The number of likely N-dealkylation sites (tertiary alicyclic amines) is 1. The molecule has 21 heavy (non-hydrogen) atoms. The zero-order valence-corrected chi connectivity index (χ0v) is 12.3. The Morgan fingerprint density at radius 1 is 1.48 bits per heavy atom. The van der Waals surface area contributed by atoms with Crippen LogP contribution in [-0.2, 0) is 6.54 Å². The van der Waals surface area contributed by atoms with Crippen molar-refractivity contribution in [3.8, 4) is 0 Å². The number of nitrogens with two attached hydrogens (primary N) is 1. The highest BCUT2D eigenvalue weighted by molar-refractivity contribution is 5.35. The van der Waals surface area contributed by atoms with Crippen LogP contribution in [0.15, 0.2) is 18.2 Å². The first-order chi connectivity index (χ1) is 10.0. The molecule has 0 aromatic heterocycles. The van der Waals surface area contributed by atoms with Gasteiger partial charge in [0.05, 0.1) is 11.0 Å². The molecular formula is C15H22FN3O2. The largest absolute Gasteiger partial charge is 0.329 e. The van der Waals surface area contributed by atoms with Crippen LogP contribution in [0, 0.1) is 21.8 Å². The van der Waals surface area contributed by atoms with E-state index in [1.807, 2.05) is 0 Å². The summed E-state index contributed by atoms with van der Waals surface area (Å²) in [6.45, 7) is 4.17. The molecule has 0 aliphatic carbocycles. The molecule has 0 radical (unpaired) electrons. The average Bonchev–Trinajstić information content (AvgIpc) is 2.47. The van der Waals surface area contributed by atoms with Crippen molar-refractivity contribution in [1.82, 2.24) is 4.90 Å². The van der Waals surface area contributed by atoms with Gasteiger partial charge in [-0.2, -0.15) is 0 Å². The van der Waals surface area contributed by atoms with E-state index in [-0.39, 0.29) is 11.7 Å². The van der Waals surface area contributed by atoms with Crippen molar-refractivity contribution in [1.29, 1.82) is 0 Å². The van der Waals surface area contributed by atoms with E-state index < -0.39 is 10.7 Å². The Bertz CT molecular complexity index is 510. The van der Waals surface area contributed by atoms with Crippen molar-refractivity contribution < 1.29 is 9.31 Å². The first-order valence-electron chi connectivity index (χ1n) is 7.41. The summed E-state index contributed by atoms with van der Waals surface area (Å²) >= 11 is 0. The molecule has 2 unspecified atom stereocenters. The predicted octanol–water partition coefficient (Wildman–Crippen LogP) is 2.68. The number of nitro groups is 1.